The first-order valence-corrected chi connectivity index (χ1v) is 9.58. The van der Waals surface area contributed by atoms with E-state index in [9.17, 15) is 4.79 Å². The molecule has 1 aromatic heterocycles. The Morgan fingerprint density at radius 1 is 1.19 bits per heavy atom. The molecule has 138 valence electrons. The molecule has 0 unspecified atom stereocenters. The molecule has 0 atom stereocenters. The molecule has 0 saturated carbocycles. The first-order chi connectivity index (χ1) is 13.0. The number of halogens is 2. The Morgan fingerprint density at radius 2 is 1.93 bits per heavy atom. The van der Waals surface area contributed by atoms with E-state index in [2.05, 4.69) is 47.5 Å². The molecule has 8 heteroatoms. The fourth-order valence-corrected chi connectivity index (χ4v) is 3.01. The highest BCUT2D eigenvalue weighted by Crippen LogP contribution is 2.21. The van der Waals surface area contributed by atoms with Crippen LogP contribution in [0.25, 0.3) is 0 Å². The molecule has 0 radical (unpaired) electrons. The summed E-state index contributed by atoms with van der Waals surface area (Å²) in [5, 5.41) is 8.28. The zero-order chi connectivity index (χ0) is 19.2. The van der Waals surface area contributed by atoms with E-state index in [0.717, 1.165) is 20.1 Å². The molecule has 1 N–H and O–H groups in total. The normalized spacial score (nSPS) is 10.9. The molecule has 0 aliphatic rings. The molecule has 0 aliphatic carbocycles. The van der Waals surface area contributed by atoms with Crippen LogP contribution in [0.1, 0.15) is 21.6 Å². The van der Waals surface area contributed by atoms with Gasteiger partial charge in [-0.1, -0.05) is 44.0 Å². The Bertz CT molecular complexity index is 968. The van der Waals surface area contributed by atoms with Crippen LogP contribution < -0.4 is 10.2 Å². The number of hydrogen-bond acceptors (Lipinski definition) is 4. The number of amides is 1. The van der Waals surface area contributed by atoms with Crippen molar-refractivity contribution in [1.82, 2.24) is 15.2 Å². The number of hydrogen-bond donors (Lipinski definition) is 1. The summed E-state index contributed by atoms with van der Waals surface area (Å²) in [6, 6.07) is 15.1. The van der Waals surface area contributed by atoms with Crippen molar-refractivity contribution in [2.24, 2.45) is 5.10 Å². The van der Waals surface area contributed by atoms with Gasteiger partial charge in [0, 0.05) is 20.7 Å². The summed E-state index contributed by atoms with van der Waals surface area (Å²) in [4.78, 5) is 12.2. The topological polar surface area (TPSA) is 68.5 Å². The Kier molecular flexibility index (Phi) is 6.41. The van der Waals surface area contributed by atoms with Crippen molar-refractivity contribution in [2.45, 2.75) is 6.54 Å². The highest BCUT2D eigenvalue weighted by molar-refractivity contribution is 9.10. The second kappa shape index (κ2) is 8.96. The van der Waals surface area contributed by atoms with E-state index in [4.69, 9.17) is 4.74 Å². The Hall–Kier alpha value is -2.45. The molecule has 3 rings (SSSR count). The van der Waals surface area contributed by atoms with Crippen LogP contribution in [0.15, 0.2) is 68.8 Å². The van der Waals surface area contributed by atoms with E-state index in [1.165, 1.54) is 6.21 Å². The lowest BCUT2D eigenvalue weighted by Crippen LogP contribution is -2.18. The number of rotatable bonds is 6. The van der Waals surface area contributed by atoms with E-state index < -0.39 is 0 Å². The van der Waals surface area contributed by atoms with Crippen LogP contribution in [-0.2, 0) is 6.54 Å². The van der Waals surface area contributed by atoms with Gasteiger partial charge in [-0.3, -0.25) is 9.48 Å². The molecule has 0 spiro atoms. The lowest BCUT2D eigenvalue weighted by molar-refractivity contribution is 0.0949. The average Bonchev–Trinajstić information content (AvgIpc) is 3.12. The van der Waals surface area contributed by atoms with E-state index in [1.54, 1.807) is 24.1 Å². The van der Waals surface area contributed by atoms with Gasteiger partial charge in [0.1, 0.15) is 5.75 Å². The van der Waals surface area contributed by atoms with Gasteiger partial charge in [-0.15, -0.1) is 0 Å². The molecule has 0 aliphatic heterocycles. The number of nitrogens with zero attached hydrogens (tertiary/aromatic N) is 3. The SMILES string of the molecule is COc1ccc(Br)cc1C=NNC(=O)c1ccn(Cc2ccc(Br)cc2)n1. The number of nitrogens with one attached hydrogen (secondary N) is 1. The molecule has 0 saturated heterocycles. The van der Waals surface area contributed by atoms with Crippen molar-refractivity contribution >= 4 is 44.0 Å². The molecule has 0 fully saturated rings. The highest BCUT2D eigenvalue weighted by Gasteiger charge is 2.09. The van der Waals surface area contributed by atoms with Crippen molar-refractivity contribution in [3.05, 3.63) is 80.5 Å². The van der Waals surface area contributed by atoms with Crippen LogP contribution in [0, 0.1) is 0 Å². The maximum absolute atomic E-state index is 12.2. The highest BCUT2D eigenvalue weighted by atomic mass is 79.9. The average molecular weight is 492 g/mol. The number of methoxy groups -OCH3 is 1. The minimum Gasteiger partial charge on any atom is -0.496 e. The predicted octanol–water partition coefficient (Wildman–Crippen LogP) is 4.23. The first-order valence-electron chi connectivity index (χ1n) is 8.00. The van der Waals surface area contributed by atoms with E-state index in [-0.39, 0.29) is 5.91 Å². The minimum atomic E-state index is -0.380. The van der Waals surface area contributed by atoms with Crippen molar-refractivity contribution in [1.29, 1.82) is 0 Å². The molecule has 1 heterocycles. The van der Waals surface area contributed by atoms with Crippen LogP contribution in [0.3, 0.4) is 0 Å². The van der Waals surface area contributed by atoms with Gasteiger partial charge >= 0.3 is 0 Å². The second-order valence-corrected chi connectivity index (χ2v) is 7.44. The number of carbonyl (C=O) groups is 1. The van der Waals surface area contributed by atoms with Gasteiger partial charge in [0.15, 0.2) is 5.69 Å². The van der Waals surface area contributed by atoms with Crippen LogP contribution >= 0.6 is 31.9 Å². The summed E-state index contributed by atoms with van der Waals surface area (Å²) in [7, 11) is 1.58. The zero-order valence-corrected chi connectivity index (χ0v) is 17.6. The predicted molar refractivity (Wildman–Crippen MR) is 111 cm³/mol. The first kappa shape index (κ1) is 19.3. The second-order valence-electron chi connectivity index (χ2n) is 5.61. The minimum absolute atomic E-state index is 0.297. The molecule has 27 heavy (non-hydrogen) atoms. The van der Waals surface area contributed by atoms with Crippen molar-refractivity contribution in [2.75, 3.05) is 7.11 Å². The van der Waals surface area contributed by atoms with Gasteiger partial charge in [0.2, 0.25) is 0 Å². The summed E-state index contributed by atoms with van der Waals surface area (Å²) in [5.74, 6) is 0.282. The molecule has 0 bridgehead atoms. The van der Waals surface area contributed by atoms with Crippen molar-refractivity contribution in [3.63, 3.8) is 0 Å². The largest absolute Gasteiger partial charge is 0.496 e. The maximum atomic E-state index is 12.2. The molecular formula is C19H16Br2N4O2. The molecule has 3 aromatic rings. The van der Waals surface area contributed by atoms with Crippen LogP contribution in [0.4, 0.5) is 0 Å². The number of hydrazone groups is 1. The monoisotopic (exact) mass is 490 g/mol. The summed E-state index contributed by atoms with van der Waals surface area (Å²) in [6.07, 6.45) is 3.29. The summed E-state index contributed by atoms with van der Waals surface area (Å²) >= 11 is 6.81. The van der Waals surface area contributed by atoms with E-state index >= 15 is 0 Å². The number of ether oxygens (including phenoxy) is 1. The van der Waals surface area contributed by atoms with Gasteiger partial charge in [-0.2, -0.15) is 10.2 Å². The van der Waals surface area contributed by atoms with Crippen molar-refractivity contribution < 1.29 is 9.53 Å². The Balaban J connectivity index is 1.63. The van der Waals surface area contributed by atoms with E-state index in [0.29, 0.717) is 18.0 Å². The van der Waals surface area contributed by atoms with Gasteiger partial charge in [-0.25, -0.2) is 5.43 Å². The van der Waals surface area contributed by atoms with E-state index in [1.807, 2.05) is 42.5 Å². The standard InChI is InChI=1S/C19H16Br2N4O2/c1-27-18-7-6-16(21)10-14(18)11-22-23-19(26)17-8-9-25(24-17)12-13-2-4-15(20)5-3-13/h2-11H,12H2,1H3,(H,23,26). The Labute approximate surface area is 173 Å². The zero-order valence-electron chi connectivity index (χ0n) is 14.4. The molecule has 2 aromatic carbocycles. The fourth-order valence-electron chi connectivity index (χ4n) is 2.37. The third kappa shape index (κ3) is 5.27. The summed E-state index contributed by atoms with van der Waals surface area (Å²) in [5.41, 5.74) is 4.61. The summed E-state index contributed by atoms with van der Waals surface area (Å²) in [6.45, 7) is 0.582. The van der Waals surface area contributed by atoms with Crippen LogP contribution in [-0.4, -0.2) is 29.0 Å². The summed E-state index contributed by atoms with van der Waals surface area (Å²) < 4.78 is 8.89. The van der Waals surface area contributed by atoms with Gasteiger partial charge in [0.25, 0.3) is 5.91 Å². The van der Waals surface area contributed by atoms with Crippen LogP contribution in [0.2, 0.25) is 0 Å². The number of carbonyl (C=O) groups excluding carboxylic acids is 1. The third-order valence-electron chi connectivity index (χ3n) is 3.69. The molecule has 6 nitrogen and oxygen atoms in total. The van der Waals surface area contributed by atoms with Gasteiger partial charge < -0.3 is 4.74 Å². The smallest absolute Gasteiger partial charge is 0.291 e. The quantitative estimate of drug-likeness (QED) is 0.414. The van der Waals surface area contributed by atoms with Gasteiger partial charge in [0.05, 0.1) is 19.9 Å². The number of aromatic nitrogens is 2. The third-order valence-corrected chi connectivity index (χ3v) is 4.71. The van der Waals surface area contributed by atoms with Crippen molar-refractivity contribution in [3.8, 4) is 5.75 Å². The fraction of sp³-hybridized carbons (Fsp3) is 0.105. The van der Waals surface area contributed by atoms with Gasteiger partial charge in [-0.05, 0) is 42.0 Å². The lowest BCUT2D eigenvalue weighted by atomic mass is 10.2. The van der Waals surface area contributed by atoms with Crippen LogP contribution in [0.5, 0.6) is 5.75 Å². The molecular weight excluding hydrogens is 476 g/mol. The molecule has 1 amide bonds. The Morgan fingerprint density at radius 3 is 2.67 bits per heavy atom. The maximum Gasteiger partial charge on any atom is 0.291 e. The number of benzene rings is 2. The lowest BCUT2D eigenvalue weighted by Gasteiger charge is -2.04.